The van der Waals surface area contributed by atoms with Gasteiger partial charge in [-0.25, -0.2) is 0 Å². The largest absolute Gasteiger partial charge is 0.493 e. The summed E-state index contributed by atoms with van der Waals surface area (Å²) < 4.78 is 878. The number of piperidine rings is 6. The SMILES string of the molecule is [2H]c1c(OC)c(OC([2H])([2H])[2H])c([2H])c2c1C([2H])([2H])C([2H])([2H])N1CC([2H])(C([2H])([2H])C(C)(C([2H])([2H])[2H])C([2H])([2H])[2H])C([2H])(O)C([2H])([2H])C21[2H].[2H]c1c(OC)c(OC([2H])([2H])[2H])c([2H])c2c1C([2H])([2H])C([2H])([2H])N1CC([2H])(CC(C)C)C([2H])(O)C([2H])([2H])C21[2H].[2H]c1c(OC)c(OC)c([2H])c2c1C([2H])([2H])C([2H])([2H])N1CC([2H])(C([2H])([2H])C(C)(C([2H])([2H])[2H])C([2H])([2H])[2H])C([2H])(O)C([2H])([2H])C21[2H].[2H]c1c(OC)c(OC)c([2H])c2c1C([2H])([2H])C([2H])([2H])N1CC([2H])(C([2H])([2H])C(C)(C([2H])([2H])[2H])C([2H])([2H])[2H])C([2H])(O)C([2H])([2H])C21[2H].[2H]c1c(OC)c(OC)c([2H])c2c1C([2H])([2H])C([2H])([2H])N1CC([2H])(CC(C)C)C([2H])(O)C([2H])([2H])C21[2H].[2H]c1c(OC)c(OC)c([2H])c2c1C([2H])([2H])C([2H])([2H])N1CC([2H])(CC(C)C)C([2H])(O)C([2H])([2H])C21[2H]. The van der Waals surface area contributed by atoms with E-state index in [2.05, 4.69) is 0 Å². The molecule has 0 aliphatic carbocycles. The zero-order valence-corrected chi connectivity index (χ0v) is 80.4. The van der Waals surface area contributed by atoms with Gasteiger partial charge in [0.25, 0.3) is 0 Å². The Balaban J connectivity index is 0.000000225. The summed E-state index contributed by atoms with van der Waals surface area (Å²) in [7, 11) is 3.81. The summed E-state index contributed by atoms with van der Waals surface area (Å²) in [6.07, 6.45) is -79.1. The number of hydrogen-bond donors (Lipinski definition) is 6. The Morgan fingerprint density at radius 3 is 0.596 bits per heavy atom. The minimum absolute atomic E-state index is 0.0704. The summed E-state index contributed by atoms with van der Waals surface area (Å²) in [6.45, 7) is -41.0. The monoisotopic (exact) mass is 2050 g/mol. The van der Waals surface area contributed by atoms with Crippen molar-refractivity contribution in [2.24, 2.45) is 69.4 Å². The third kappa shape index (κ3) is 26.9. The van der Waals surface area contributed by atoms with Crippen molar-refractivity contribution in [3.8, 4) is 69.0 Å². The van der Waals surface area contributed by atoms with E-state index in [9.17, 15) is 38.9 Å². The highest BCUT2D eigenvalue weighted by molar-refractivity contribution is 5.55. The van der Waals surface area contributed by atoms with E-state index >= 15 is 0 Å². The number of methoxy groups -OCH3 is 12. The van der Waals surface area contributed by atoms with Crippen molar-refractivity contribution in [2.45, 2.75) is 291 Å². The first-order valence-electron chi connectivity index (χ1n) is 91.2. The second-order valence-electron chi connectivity index (χ2n) is 33.9. The zero-order chi connectivity index (χ0) is 187. The molecule has 141 heavy (non-hydrogen) atoms. The molecule has 0 radical (unpaired) electrons. The van der Waals surface area contributed by atoms with Crippen LogP contribution in [0.4, 0.5) is 0 Å². The maximum atomic E-state index is 11.6. The summed E-state index contributed by atoms with van der Waals surface area (Å²) in [6, 6.07) is -32.0. The van der Waals surface area contributed by atoms with E-state index < -0.39 is 567 Å². The van der Waals surface area contributed by atoms with Crippen LogP contribution >= 0.6 is 0 Å². The molecular formula is C117H180N6O18. The van der Waals surface area contributed by atoms with Gasteiger partial charge in [0.1, 0.15) is 0 Å². The fraction of sp³-hybridized carbons (Fsp3) is 0.692. The number of ether oxygens (including phenoxy) is 12. The number of benzene rings is 6. The van der Waals surface area contributed by atoms with Crippen molar-refractivity contribution in [1.29, 1.82) is 0 Å². The zero-order valence-electron chi connectivity index (χ0n) is 176. The molecule has 0 bridgehead atoms. The molecule has 6 saturated heterocycles. The molecule has 6 aromatic rings. The second-order valence-corrected chi connectivity index (χ2v) is 33.9. The predicted molar refractivity (Wildman–Crippen MR) is 561 cm³/mol. The third-order valence-electron chi connectivity index (χ3n) is 21.2. The molecule has 0 saturated carbocycles. The van der Waals surface area contributed by atoms with Gasteiger partial charge in [0.15, 0.2) is 69.0 Å². The van der Waals surface area contributed by atoms with Crippen LogP contribution < -0.4 is 56.8 Å². The molecule has 18 atom stereocenters. The average Bonchev–Trinajstić information content (AvgIpc) is 0.639. The summed E-state index contributed by atoms with van der Waals surface area (Å²) in [5.41, 5.74) is -23.0. The fourth-order valence-corrected chi connectivity index (χ4v) is 15.2. The smallest absolute Gasteiger partial charge is 0.161 e. The molecule has 24 nitrogen and oxygen atoms in total. The average molecular weight is 2060 g/mol. The van der Waals surface area contributed by atoms with Crippen LogP contribution in [-0.2, 0) is 38.2 Å². The summed E-state index contributed by atoms with van der Waals surface area (Å²) in [5.74, 6) is -28.0. The highest BCUT2D eigenvalue weighted by Crippen LogP contribution is 2.53. The van der Waals surface area contributed by atoms with Gasteiger partial charge >= 0.3 is 0 Å². The number of aliphatic hydroxyl groups is 6. The van der Waals surface area contributed by atoms with Crippen molar-refractivity contribution in [1.82, 2.24) is 29.4 Å². The highest BCUT2D eigenvalue weighted by atomic mass is 16.5. The maximum absolute atomic E-state index is 11.6. The van der Waals surface area contributed by atoms with Gasteiger partial charge in [-0.2, -0.15) is 0 Å². The number of nitrogens with zero attached hydrogens (tertiary/aromatic N) is 6. The molecule has 18 rings (SSSR count). The van der Waals surface area contributed by atoms with Crippen LogP contribution in [-0.4, -0.2) is 260 Å². The lowest BCUT2D eigenvalue weighted by Gasteiger charge is -2.47. The van der Waals surface area contributed by atoms with Crippen molar-refractivity contribution in [3.63, 3.8) is 0 Å². The Kier molecular flexibility index (Phi) is 13.8. The second kappa shape index (κ2) is 48.4. The molecule has 12 heterocycles. The van der Waals surface area contributed by atoms with E-state index in [1.165, 1.54) is 0 Å². The molecular weight excluding hydrogens is 1780 g/mol. The van der Waals surface area contributed by atoms with Gasteiger partial charge in [-0.15, -0.1) is 0 Å². The highest BCUT2D eigenvalue weighted by Gasteiger charge is 2.47. The van der Waals surface area contributed by atoms with E-state index in [0.29, 0.717) is 35.5 Å². The van der Waals surface area contributed by atoms with Crippen molar-refractivity contribution in [2.75, 3.05) is 163 Å². The first-order valence-corrected chi connectivity index (χ1v) is 43.2. The normalized spacial score (nSPS) is 54.2. The molecule has 6 N–H and O–H groups in total. The van der Waals surface area contributed by atoms with Crippen molar-refractivity contribution < 1.29 is 219 Å². The van der Waals surface area contributed by atoms with Gasteiger partial charge in [0.2, 0.25) is 0 Å². The van der Waals surface area contributed by atoms with Crippen molar-refractivity contribution in [3.05, 3.63) is 139 Å². The molecule has 24 heteroatoms. The number of fused-ring (bicyclic) bond motifs is 18. The molecule has 786 valence electrons. The quantitative estimate of drug-likeness (QED) is 0.0392. The van der Waals surface area contributed by atoms with Crippen LogP contribution in [0.25, 0.3) is 0 Å². The lowest BCUT2D eigenvalue weighted by Crippen LogP contribution is -2.48. The van der Waals surface area contributed by atoms with E-state index in [4.69, 9.17) is 180 Å². The van der Waals surface area contributed by atoms with E-state index in [1.807, 2.05) is 0 Å². The number of hydrogen-bond acceptors (Lipinski definition) is 24. The molecule has 6 fully saturated rings. The molecule has 18 unspecified atom stereocenters. The first kappa shape index (κ1) is 40.2. The van der Waals surface area contributed by atoms with Crippen LogP contribution in [0.15, 0.2) is 72.5 Å². The van der Waals surface area contributed by atoms with Gasteiger partial charge in [-0.3, -0.25) is 29.4 Å². The van der Waals surface area contributed by atoms with E-state index in [1.54, 1.807) is 41.5 Å². The molecule has 6 aromatic carbocycles. The van der Waals surface area contributed by atoms with Gasteiger partial charge in [-0.05, 0) is 323 Å². The van der Waals surface area contributed by atoms with Crippen LogP contribution in [0.5, 0.6) is 69.0 Å². The lowest BCUT2D eigenvalue weighted by molar-refractivity contribution is -0.0259. The standard InChI is InChI=1S/3C20H31NO3.3C19H29NO3/c3*1-20(2,3)11-14-12-21-7-6-13-8-18(23-4)19(24-5)9-15(13)16(21)10-17(14)22;3*1-12(2)7-14-11-20-6-5-13-8-18(22-3)19(23-4)9-15(13)16(20)10-17(14)21/h3*8-9,14,16-17,22H,6-7,10-12H2,1-5H3;3*8-9,12,14,16-17,21H,5-7,10-11H2,1-4H3/i1D3,2D3,5D3,6D2,7D2,8D,9D,10D2,11D2,14D,16D,17D;2*1D3,2D3,6D2,7D2,8D,9D,10D2,11D2,14D,16D,17D;4D3,5D2,6D2,8D,9D,10D2,14D,16D,17D;2*5D2,6D2,8D,9D,10D2,14D,16D,17D. The van der Waals surface area contributed by atoms with Crippen LogP contribution in [0.2, 0.25) is 0 Å². The lowest BCUT2D eigenvalue weighted by atomic mass is 9.75. The Labute approximate surface area is 981 Å². The number of rotatable bonds is 21. The predicted octanol–water partition coefficient (Wildman–Crippen LogP) is 19.3. The topological polar surface area (TPSA) is 252 Å². The molecule has 0 spiro atoms. The van der Waals surface area contributed by atoms with Crippen LogP contribution in [0, 0.1) is 69.4 Å². The Morgan fingerprint density at radius 2 is 0.440 bits per heavy atom. The van der Waals surface area contributed by atoms with Gasteiger partial charge in [-0.1, -0.05) is 103 Å². The maximum Gasteiger partial charge on any atom is 0.161 e. The van der Waals surface area contributed by atoms with Crippen LogP contribution in [0.1, 0.15) is 415 Å². The van der Waals surface area contributed by atoms with Gasteiger partial charge < -0.3 is 87.5 Å². The molecule has 0 aromatic heterocycles. The summed E-state index contributed by atoms with van der Waals surface area (Å²) in [5, 5.41) is 68.2. The van der Waals surface area contributed by atoms with Crippen molar-refractivity contribution >= 4 is 0 Å². The first-order chi connectivity index (χ1) is 104. The Hall–Kier alpha value is -7.56. The fourth-order valence-electron chi connectivity index (χ4n) is 15.2. The van der Waals surface area contributed by atoms with Gasteiger partial charge in [0.05, 0.1) is 163 Å². The Morgan fingerprint density at radius 1 is 0.284 bits per heavy atom. The minimum atomic E-state index is -4.42. The molecule has 12 aliphatic rings. The Bertz CT molecular complexity index is 9630. The van der Waals surface area contributed by atoms with Crippen LogP contribution in [0.3, 0.4) is 0 Å². The summed E-state index contributed by atoms with van der Waals surface area (Å²) >= 11 is 0. The molecule has 0 amide bonds. The van der Waals surface area contributed by atoms with E-state index in [0.717, 1.165) is 71.1 Å². The third-order valence-corrected chi connectivity index (χ3v) is 21.2. The minimum Gasteiger partial charge on any atom is -0.493 e. The summed E-state index contributed by atoms with van der Waals surface area (Å²) in [4.78, 5) is 0.967. The molecule has 12 aliphatic heterocycles. The van der Waals surface area contributed by atoms with Gasteiger partial charge in [0, 0.05) is 205 Å². The van der Waals surface area contributed by atoms with E-state index in [-0.39, 0.29) is 45.8 Å².